The van der Waals surface area contributed by atoms with E-state index in [1.54, 1.807) is 4.90 Å². The normalized spacial score (nSPS) is 18.1. The predicted octanol–water partition coefficient (Wildman–Crippen LogP) is 3.30. The molecule has 0 bridgehead atoms. The molecule has 1 aromatic heterocycles. The van der Waals surface area contributed by atoms with Crippen LogP contribution in [0.5, 0.6) is 0 Å². The lowest BCUT2D eigenvalue weighted by atomic mass is 9.85. The van der Waals surface area contributed by atoms with Gasteiger partial charge in [-0.05, 0) is 30.7 Å². The lowest BCUT2D eigenvalue weighted by Crippen LogP contribution is -2.32. The van der Waals surface area contributed by atoms with Crippen molar-refractivity contribution < 1.29 is 9.72 Å². The molecule has 0 N–H and O–H groups in total. The van der Waals surface area contributed by atoms with Crippen LogP contribution in [0.1, 0.15) is 43.5 Å². The van der Waals surface area contributed by atoms with Gasteiger partial charge in [0.25, 0.3) is 11.6 Å². The van der Waals surface area contributed by atoms with Crippen molar-refractivity contribution in [1.29, 1.82) is 0 Å². The highest BCUT2D eigenvalue weighted by molar-refractivity contribution is 6.29. The molecule has 0 atom stereocenters. The number of likely N-dealkylation sites (tertiary alicyclic amines) is 1. The van der Waals surface area contributed by atoms with Gasteiger partial charge in [-0.2, -0.15) is 0 Å². The smallest absolute Gasteiger partial charge is 0.300 e. The number of amides is 1. The van der Waals surface area contributed by atoms with Crippen LogP contribution >= 0.6 is 11.6 Å². The maximum Gasteiger partial charge on any atom is 0.300 e. The van der Waals surface area contributed by atoms with Crippen LogP contribution in [0.3, 0.4) is 0 Å². The molecule has 2 heterocycles. The van der Waals surface area contributed by atoms with Crippen molar-refractivity contribution in [1.82, 2.24) is 9.88 Å². The number of hydrogen-bond donors (Lipinski definition) is 0. The summed E-state index contributed by atoms with van der Waals surface area (Å²) in [4.78, 5) is 28.4. The van der Waals surface area contributed by atoms with E-state index in [0.717, 1.165) is 25.5 Å². The molecule has 1 aliphatic rings. The number of carbonyl (C=O) groups is 1. The summed E-state index contributed by atoms with van der Waals surface area (Å²) in [5.41, 5.74) is -0.0933. The van der Waals surface area contributed by atoms with Crippen LogP contribution in [-0.4, -0.2) is 33.8 Å². The average molecular weight is 312 g/mol. The first-order chi connectivity index (χ1) is 9.80. The second kappa shape index (κ2) is 5.97. The fourth-order valence-electron chi connectivity index (χ4n) is 2.54. The van der Waals surface area contributed by atoms with Gasteiger partial charge in [-0.25, -0.2) is 4.98 Å². The Morgan fingerprint density at radius 2 is 2.14 bits per heavy atom. The predicted molar refractivity (Wildman–Crippen MR) is 79.4 cm³/mol. The Kier molecular flexibility index (Phi) is 4.46. The summed E-state index contributed by atoms with van der Waals surface area (Å²) in [5.74, 6) is -0.344. The van der Waals surface area contributed by atoms with E-state index in [0.29, 0.717) is 13.1 Å². The van der Waals surface area contributed by atoms with Gasteiger partial charge in [0.15, 0.2) is 0 Å². The Bertz CT molecular complexity index is 575. The molecule has 6 nitrogen and oxygen atoms in total. The summed E-state index contributed by atoms with van der Waals surface area (Å²) >= 11 is 5.78. The van der Waals surface area contributed by atoms with Gasteiger partial charge in [0.05, 0.1) is 4.92 Å². The Morgan fingerprint density at radius 1 is 1.43 bits per heavy atom. The number of nitrogens with zero attached hydrogens (tertiary/aromatic N) is 3. The quantitative estimate of drug-likeness (QED) is 0.477. The third-order valence-corrected chi connectivity index (χ3v) is 4.11. The molecule has 0 saturated carbocycles. The van der Waals surface area contributed by atoms with Gasteiger partial charge in [-0.3, -0.25) is 14.9 Å². The minimum atomic E-state index is -0.599. The molecule has 1 aliphatic heterocycles. The molecule has 21 heavy (non-hydrogen) atoms. The standard InChI is InChI=1S/C14H18ClN3O3/c1-14(2)4-3-6-17(7-5-14)13(19)10-8-12(15)16-9-11(10)18(20)21/h8-9H,3-7H2,1-2H3. The van der Waals surface area contributed by atoms with Gasteiger partial charge in [0, 0.05) is 13.1 Å². The monoisotopic (exact) mass is 311 g/mol. The summed E-state index contributed by atoms with van der Waals surface area (Å²) in [6, 6.07) is 1.28. The molecule has 114 valence electrons. The summed E-state index contributed by atoms with van der Waals surface area (Å²) in [6.07, 6.45) is 3.85. The zero-order valence-electron chi connectivity index (χ0n) is 12.1. The number of aromatic nitrogens is 1. The van der Waals surface area contributed by atoms with Crippen LogP contribution < -0.4 is 0 Å². The highest BCUT2D eigenvalue weighted by atomic mass is 35.5. The van der Waals surface area contributed by atoms with E-state index in [1.165, 1.54) is 6.07 Å². The third-order valence-electron chi connectivity index (χ3n) is 3.90. The fraction of sp³-hybridized carbons (Fsp3) is 0.571. The minimum Gasteiger partial charge on any atom is -0.338 e. The molecular weight excluding hydrogens is 294 g/mol. The van der Waals surface area contributed by atoms with Gasteiger partial charge in [0.1, 0.15) is 16.9 Å². The van der Waals surface area contributed by atoms with Gasteiger partial charge >= 0.3 is 0 Å². The zero-order valence-corrected chi connectivity index (χ0v) is 12.9. The topological polar surface area (TPSA) is 76.3 Å². The molecule has 1 amide bonds. The average Bonchev–Trinajstić information content (AvgIpc) is 2.58. The van der Waals surface area contributed by atoms with Crippen LogP contribution in [0.25, 0.3) is 0 Å². The van der Waals surface area contributed by atoms with Gasteiger partial charge < -0.3 is 4.90 Å². The Hall–Kier alpha value is -1.69. The zero-order chi connectivity index (χ0) is 15.6. The SMILES string of the molecule is CC1(C)CCCN(C(=O)c2cc(Cl)ncc2[N+](=O)[O-])CC1. The van der Waals surface area contributed by atoms with Gasteiger partial charge in [-0.1, -0.05) is 25.4 Å². The van der Waals surface area contributed by atoms with E-state index in [1.807, 2.05) is 0 Å². The van der Waals surface area contributed by atoms with Crippen LogP contribution in [0.15, 0.2) is 12.3 Å². The van der Waals surface area contributed by atoms with Gasteiger partial charge in [0.2, 0.25) is 0 Å². The molecule has 0 radical (unpaired) electrons. The maximum absolute atomic E-state index is 12.6. The van der Waals surface area contributed by atoms with Crippen LogP contribution in [-0.2, 0) is 0 Å². The molecule has 1 aromatic rings. The maximum atomic E-state index is 12.6. The number of carbonyl (C=O) groups excluding carboxylic acids is 1. The molecule has 0 unspecified atom stereocenters. The molecule has 0 spiro atoms. The van der Waals surface area contributed by atoms with E-state index >= 15 is 0 Å². The number of hydrogen-bond acceptors (Lipinski definition) is 4. The van der Waals surface area contributed by atoms with E-state index < -0.39 is 4.92 Å². The summed E-state index contributed by atoms with van der Waals surface area (Å²) in [6.45, 7) is 5.56. The molecule has 1 saturated heterocycles. The summed E-state index contributed by atoms with van der Waals surface area (Å²) in [5, 5.41) is 11.1. The second-order valence-electron chi connectivity index (χ2n) is 6.09. The lowest BCUT2D eigenvalue weighted by Gasteiger charge is -2.23. The van der Waals surface area contributed by atoms with Crippen molar-refractivity contribution in [2.24, 2.45) is 5.41 Å². The Morgan fingerprint density at radius 3 is 2.81 bits per heavy atom. The largest absolute Gasteiger partial charge is 0.338 e. The highest BCUT2D eigenvalue weighted by Gasteiger charge is 2.29. The lowest BCUT2D eigenvalue weighted by molar-refractivity contribution is -0.385. The number of halogens is 1. The molecule has 0 aliphatic carbocycles. The van der Waals surface area contributed by atoms with Crippen molar-refractivity contribution >= 4 is 23.2 Å². The van der Waals surface area contributed by atoms with E-state index in [9.17, 15) is 14.9 Å². The molecule has 1 fully saturated rings. The van der Waals surface area contributed by atoms with Crippen molar-refractivity contribution in [2.45, 2.75) is 33.1 Å². The van der Waals surface area contributed by atoms with E-state index in [4.69, 9.17) is 11.6 Å². The third kappa shape index (κ3) is 3.69. The summed E-state index contributed by atoms with van der Waals surface area (Å²) in [7, 11) is 0. The number of rotatable bonds is 2. The molecule has 0 aromatic carbocycles. The van der Waals surface area contributed by atoms with Crippen molar-refractivity contribution in [3.8, 4) is 0 Å². The van der Waals surface area contributed by atoms with E-state index in [2.05, 4.69) is 18.8 Å². The first-order valence-electron chi connectivity index (χ1n) is 6.89. The molecule has 7 heteroatoms. The van der Waals surface area contributed by atoms with Crippen molar-refractivity contribution in [3.63, 3.8) is 0 Å². The minimum absolute atomic E-state index is 0.0136. The second-order valence-corrected chi connectivity index (χ2v) is 6.48. The molecular formula is C14H18ClN3O3. The van der Waals surface area contributed by atoms with Crippen molar-refractivity contribution in [3.05, 3.63) is 33.1 Å². The highest BCUT2D eigenvalue weighted by Crippen LogP contribution is 2.31. The first kappa shape index (κ1) is 15.7. The summed E-state index contributed by atoms with van der Waals surface area (Å²) < 4.78 is 0. The van der Waals surface area contributed by atoms with Crippen molar-refractivity contribution in [2.75, 3.05) is 13.1 Å². The number of nitro groups is 1. The Balaban J connectivity index is 2.27. The van der Waals surface area contributed by atoms with Crippen LogP contribution in [0.4, 0.5) is 5.69 Å². The van der Waals surface area contributed by atoms with E-state index in [-0.39, 0.29) is 27.7 Å². The van der Waals surface area contributed by atoms with Crippen LogP contribution in [0.2, 0.25) is 5.15 Å². The first-order valence-corrected chi connectivity index (χ1v) is 7.27. The fourth-order valence-corrected chi connectivity index (χ4v) is 2.69. The Labute approximate surface area is 128 Å². The molecule has 2 rings (SSSR count). The number of pyridine rings is 1. The van der Waals surface area contributed by atoms with Gasteiger partial charge in [-0.15, -0.1) is 0 Å². The van der Waals surface area contributed by atoms with Crippen LogP contribution in [0, 0.1) is 15.5 Å².